The molecule has 2 N–H and O–H groups in total. The molecule has 2 amide bonds. The summed E-state index contributed by atoms with van der Waals surface area (Å²) >= 11 is 5.79. The molecule has 3 rings (SSSR count). The molecule has 0 saturated carbocycles. The second-order valence-corrected chi connectivity index (χ2v) is 7.82. The number of hydrogen-bond donors (Lipinski definition) is 2. The van der Waals surface area contributed by atoms with E-state index in [0.717, 1.165) is 26.2 Å². The van der Waals surface area contributed by atoms with Gasteiger partial charge < -0.3 is 20.3 Å². The second-order valence-electron chi connectivity index (χ2n) is 7.43. The van der Waals surface area contributed by atoms with E-state index in [1.54, 1.807) is 36.2 Å². The zero-order chi connectivity index (χ0) is 22.1. The molecule has 1 fully saturated rings. The molecule has 162 valence electrons. The highest BCUT2D eigenvalue weighted by atomic mass is 35.5. The minimum atomic E-state index is -0.387. The van der Waals surface area contributed by atoms with Crippen LogP contribution in [0.5, 0.6) is 0 Å². The van der Waals surface area contributed by atoms with Gasteiger partial charge in [0.15, 0.2) is 0 Å². The fraction of sp³-hybridized carbons (Fsp3) is 0.450. The summed E-state index contributed by atoms with van der Waals surface area (Å²) in [5, 5.41) is 6.06. The third-order valence-electron chi connectivity index (χ3n) is 3.87. The fourth-order valence-electron chi connectivity index (χ4n) is 2.47. The lowest BCUT2D eigenvalue weighted by Crippen LogP contribution is -2.48. The van der Waals surface area contributed by atoms with Crippen LogP contribution in [0.1, 0.15) is 31.3 Å². The summed E-state index contributed by atoms with van der Waals surface area (Å²) in [6, 6.07) is 6.78. The third-order valence-corrected chi connectivity index (χ3v) is 4.08. The normalized spacial score (nSPS) is 13.7. The highest BCUT2D eigenvalue weighted by molar-refractivity contribution is 6.29. The van der Waals surface area contributed by atoms with E-state index in [-0.39, 0.29) is 17.6 Å². The molecule has 0 aliphatic carbocycles. The zero-order valence-electron chi connectivity index (χ0n) is 17.6. The van der Waals surface area contributed by atoms with Crippen LogP contribution in [0.25, 0.3) is 11.4 Å². The first-order chi connectivity index (χ1) is 14.2. The van der Waals surface area contributed by atoms with Crippen molar-refractivity contribution >= 4 is 23.6 Å². The van der Waals surface area contributed by atoms with Gasteiger partial charge in [-0.2, -0.15) is 0 Å². The van der Waals surface area contributed by atoms with Crippen molar-refractivity contribution in [1.82, 2.24) is 30.5 Å². The lowest BCUT2D eigenvalue weighted by molar-refractivity contribution is 0.0229. The summed E-state index contributed by atoms with van der Waals surface area (Å²) in [7, 11) is 1.54. The number of amides is 2. The van der Waals surface area contributed by atoms with E-state index in [9.17, 15) is 9.59 Å². The smallest absolute Gasteiger partial charge is 0.410 e. The largest absolute Gasteiger partial charge is 0.444 e. The Morgan fingerprint density at radius 1 is 1.17 bits per heavy atom. The van der Waals surface area contributed by atoms with Gasteiger partial charge in [0.2, 0.25) is 0 Å². The van der Waals surface area contributed by atoms with Crippen LogP contribution in [0.3, 0.4) is 0 Å². The molecule has 2 aromatic rings. The van der Waals surface area contributed by atoms with Crippen molar-refractivity contribution in [2.24, 2.45) is 0 Å². The van der Waals surface area contributed by atoms with Gasteiger partial charge in [0.25, 0.3) is 5.91 Å². The number of ether oxygens (including phenoxy) is 1. The van der Waals surface area contributed by atoms with Crippen molar-refractivity contribution in [3.05, 3.63) is 41.4 Å². The Morgan fingerprint density at radius 2 is 1.87 bits per heavy atom. The SMILES string of the molecule is CC(C)(C)OC(=O)N1CCNCC1.CNC(=O)c1cc(-c2cccc(Cl)n2)ncn1. The van der Waals surface area contributed by atoms with Crippen LogP contribution < -0.4 is 10.6 Å². The highest BCUT2D eigenvalue weighted by Crippen LogP contribution is 2.16. The summed E-state index contributed by atoms with van der Waals surface area (Å²) in [5.41, 5.74) is 1.06. The van der Waals surface area contributed by atoms with Gasteiger partial charge in [-0.1, -0.05) is 17.7 Å². The molecule has 0 atom stereocenters. The Hall–Kier alpha value is -2.78. The number of aromatic nitrogens is 3. The van der Waals surface area contributed by atoms with Crippen LogP contribution in [0.2, 0.25) is 5.15 Å². The van der Waals surface area contributed by atoms with Gasteiger partial charge in [-0.3, -0.25) is 4.79 Å². The third kappa shape index (κ3) is 7.57. The minimum Gasteiger partial charge on any atom is -0.444 e. The molecule has 3 heterocycles. The molecule has 1 saturated heterocycles. The molecule has 2 aromatic heterocycles. The number of carbonyl (C=O) groups excluding carboxylic acids is 2. The average Bonchev–Trinajstić information content (AvgIpc) is 2.73. The number of nitrogens with zero attached hydrogens (tertiary/aromatic N) is 4. The van der Waals surface area contributed by atoms with Gasteiger partial charge in [-0.25, -0.2) is 19.7 Å². The first-order valence-electron chi connectivity index (χ1n) is 9.55. The van der Waals surface area contributed by atoms with E-state index < -0.39 is 0 Å². The van der Waals surface area contributed by atoms with Gasteiger partial charge in [-0.05, 0) is 39.0 Å². The number of carbonyl (C=O) groups is 2. The standard InChI is InChI=1S/C11H9ClN4O.C9H18N2O2/c1-13-11(17)9-5-8(14-6-15-9)7-3-2-4-10(12)16-7;1-9(2,3)13-8(12)11-6-4-10-5-7-11/h2-6H,1H3,(H,13,17);10H,4-7H2,1-3H3. The van der Waals surface area contributed by atoms with Crippen LogP contribution >= 0.6 is 11.6 Å². The van der Waals surface area contributed by atoms with Crippen molar-refractivity contribution in [3.8, 4) is 11.4 Å². The molecule has 0 aromatic carbocycles. The number of pyridine rings is 1. The fourth-order valence-corrected chi connectivity index (χ4v) is 2.64. The molecule has 0 unspecified atom stereocenters. The van der Waals surface area contributed by atoms with Crippen molar-refractivity contribution in [2.75, 3.05) is 33.2 Å². The van der Waals surface area contributed by atoms with Gasteiger partial charge in [0.1, 0.15) is 22.8 Å². The lowest BCUT2D eigenvalue weighted by atomic mass is 10.2. The minimum absolute atomic E-state index is 0.200. The lowest BCUT2D eigenvalue weighted by Gasteiger charge is -2.30. The summed E-state index contributed by atoms with van der Waals surface area (Å²) in [6.07, 6.45) is 1.12. The molecule has 30 heavy (non-hydrogen) atoms. The monoisotopic (exact) mass is 434 g/mol. The zero-order valence-corrected chi connectivity index (χ0v) is 18.4. The van der Waals surface area contributed by atoms with E-state index >= 15 is 0 Å². The quantitative estimate of drug-likeness (QED) is 0.698. The van der Waals surface area contributed by atoms with E-state index in [1.165, 1.54) is 6.33 Å². The van der Waals surface area contributed by atoms with Crippen molar-refractivity contribution in [1.29, 1.82) is 0 Å². The maximum absolute atomic E-state index is 11.5. The van der Waals surface area contributed by atoms with E-state index in [1.807, 2.05) is 20.8 Å². The van der Waals surface area contributed by atoms with Crippen LogP contribution in [-0.4, -0.2) is 70.7 Å². The van der Waals surface area contributed by atoms with Crippen molar-refractivity contribution in [2.45, 2.75) is 26.4 Å². The molecule has 0 bridgehead atoms. The topological polar surface area (TPSA) is 109 Å². The van der Waals surface area contributed by atoms with Crippen molar-refractivity contribution < 1.29 is 14.3 Å². The van der Waals surface area contributed by atoms with E-state index in [0.29, 0.717) is 22.2 Å². The maximum Gasteiger partial charge on any atom is 0.410 e. The molecular formula is C20H27ClN6O3. The molecule has 10 heteroatoms. The molecular weight excluding hydrogens is 408 g/mol. The molecule has 0 radical (unpaired) electrons. The van der Waals surface area contributed by atoms with Crippen LogP contribution in [-0.2, 0) is 4.74 Å². The van der Waals surface area contributed by atoms with Gasteiger partial charge in [0.05, 0.1) is 11.4 Å². The second kappa shape index (κ2) is 10.8. The van der Waals surface area contributed by atoms with Gasteiger partial charge in [-0.15, -0.1) is 0 Å². The summed E-state index contributed by atoms with van der Waals surface area (Å²) in [6.45, 7) is 8.86. The van der Waals surface area contributed by atoms with E-state index in [4.69, 9.17) is 16.3 Å². The summed E-state index contributed by atoms with van der Waals surface area (Å²) < 4.78 is 5.24. The predicted octanol–water partition coefficient (Wildman–Crippen LogP) is 2.38. The Kier molecular flexibility index (Phi) is 8.49. The Bertz CT molecular complexity index is 866. The van der Waals surface area contributed by atoms with Crippen LogP contribution in [0.15, 0.2) is 30.6 Å². The number of nitrogens with one attached hydrogen (secondary N) is 2. The number of halogens is 1. The van der Waals surface area contributed by atoms with Gasteiger partial charge >= 0.3 is 6.09 Å². The summed E-state index contributed by atoms with van der Waals surface area (Å²) in [5.74, 6) is -0.268. The van der Waals surface area contributed by atoms with Crippen LogP contribution in [0, 0.1) is 0 Å². The Balaban J connectivity index is 0.000000222. The average molecular weight is 435 g/mol. The maximum atomic E-state index is 11.5. The molecule has 1 aliphatic heterocycles. The van der Waals surface area contributed by atoms with Crippen LogP contribution in [0.4, 0.5) is 4.79 Å². The first kappa shape index (κ1) is 23.5. The Labute approximate surface area is 181 Å². The van der Waals surface area contributed by atoms with Gasteiger partial charge in [0, 0.05) is 33.2 Å². The molecule has 0 spiro atoms. The predicted molar refractivity (Wildman–Crippen MR) is 114 cm³/mol. The summed E-state index contributed by atoms with van der Waals surface area (Å²) in [4.78, 5) is 36.7. The van der Waals surface area contributed by atoms with E-state index in [2.05, 4.69) is 25.6 Å². The molecule has 1 aliphatic rings. The first-order valence-corrected chi connectivity index (χ1v) is 9.93. The number of piperazine rings is 1. The highest BCUT2D eigenvalue weighted by Gasteiger charge is 2.22. The Morgan fingerprint density at radius 3 is 2.47 bits per heavy atom. The molecule has 9 nitrogen and oxygen atoms in total. The number of rotatable bonds is 2. The number of hydrogen-bond acceptors (Lipinski definition) is 7. The van der Waals surface area contributed by atoms with Crippen molar-refractivity contribution in [3.63, 3.8) is 0 Å².